The molecule has 0 radical (unpaired) electrons. The van der Waals surface area contributed by atoms with Crippen LogP contribution in [0.2, 0.25) is 0 Å². The van der Waals surface area contributed by atoms with Gasteiger partial charge in [0.1, 0.15) is 6.04 Å². The van der Waals surface area contributed by atoms with Crippen LogP contribution < -0.4 is 21.7 Å². The third-order valence-corrected chi connectivity index (χ3v) is 6.39. The van der Waals surface area contributed by atoms with Gasteiger partial charge in [0.25, 0.3) is 5.91 Å². The fourth-order valence-electron chi connectivity index (χ4n) is 3.28. The standard InChI is InChI=1S/C22H35N5O4S/c1-14(2)19(23)25-10-4-3-5-11-26-21(29)18-9-8-15(32-18)13-17(22(30)31)27-20(28)16-7-6-12-24-16/h8-9,14,16-17,24H,3-7,10-13H2,1-2H3,(H2,23,25)(H,26,29)(H,27,28)(H,30,31). The maximum Gasteiger partial charge on any atom is 0.326 e. The van der Waals surface area contributed by atoms with E-state index in [9.17, 15) is 19.5 Å². The van der Waals surface area contributed by atoms with Gasteiger partial charge in [0.05, 0.1) is 16.8 Å². The van der Waals surface area contributed by atoms with E-state index in [1.807, 2.05) is 13.8 Å². The number of rotatable bonds is 13. The molecular formula is C22H35N5O4S. The number of nitrogens with zero attached hydrogens (tertiary/aromatic N) is 1. The Morgan fingerprint density at radius 1 is 1.28 bits per heavy atom. The van der Waals surface area contributed by atoms with E-state index >= 15 is 0 Å². The SMILES string of the molecule is CC(C)C(N)=NCCCCCNC(=O)c1ccc(CC(NC(=O)C2CCCN2)C(=O)O)s1. The summed E-state index contributed by atoms with van der Waals surface area (Å²) in [5.74, 6) is -0.616. The zero-order valence-electron chi connectivity index (χ0n) is 18.9. The zero-order chi connectivity index (χ0) is 23.5. The number of nitrogens with one attached hydrogen (secondary N) is 3. The van der Waals surface area contributed by atoms with Gasteiger partial charge in [-0.1, -0.05) is 13.8 Å². The number of carbonyl (C=O) groups excluding carboxylic acids is 2. The van der Waals surface area contributed by atoms with E-state index < -0.39 is 12.0 Å². The molecule has 1 aromatic heterocycles. The molecule has 1 saturated heterocycles. The number of carboxylic acids is 1. The third-order valence-electron chi connectivity index (χ3n) is 5.29. The molecule has 6 N–H and O–H groups in total. The first-order chi connectivity index (χ1) is 15.3. The number of aliphatic carboxylic acids is 1. The fraction of sp³-hybridized carbons (Fsp3) is 0.636. The van der Waals surface area contributed by atoms with E-state index in [0.29, 0.717) is 30.2 Å². The number of hydrogen-bond acceptors (Lipinski definition) is 6. The zero-order valence-corrected chi connectivity index (χ0v) is 19.7. The number of amidine groups is 1. The Kier molecular flexibility index (Phi) is 10.6. The van der Waals surface area contributed by atoms with Gasteiger partial charge in [0.15, 0.2) is 0 Å². The quantitative estimate of drug-likeness (QED) is 0.170. The number of thiophene rings is 1. The molecule has 178 valence electrons. The Balaban J connectivity index is 1.73. The van der Waals surface area contributed by atoms with Gasteiger partial charge in [-0.25, -0.2) is 4.79 Å². The first kappa shape index (κ1) is 25.8. The summed E-state index contributed by atoms with van der Waals surface area (Å²) in [6.07, 6.45) is 4.47. The second-order valence-corrected chi connectivity index (χ2v) is 9.46. The molecule has 1 fully saturated rings. The molecule has 9 nitrogen and oxygen atoms in total. The summed E-state index contributed by atoms with van der Waals surface area (Å²) in [7, 11) is 0. The summed E-state index contributed by atoms with van der Waals surface area (Å²) < 4.78 is 0. The summed E-state index contributed by atoms with van der Waals surface area (Å²) in [5.41, 5.74) is 5.80. The van der Waals surface area contributed by atoms with Crippen LogP contribution in [0.4, 0.5) is 0 Å². The maximum absolute atomic E-state index is 12.3. The highest BCUT2D eigenvalue weighted by atomic mass is 32.1. The molecule has 2 rings (SSSR count). The summed E-state index contributed by atoms with van der Waals surface area (Å²) in [5, 5.41) is 18.0. The molecule has 2 unspecified atom stereocenters. The van der Waals surface area contributed by atoms with Crippen molar-refractivity contribution in [2.24, 2.45) is 16.6 Å². The molecule has 2 amide bonds. The van der Waals surface area contributed by atoms with Gasteiger partial charge < -0.3 is 26.8 Å². The Morgan fingerprint density at radius 3 is 2.72 bits per heavy atom. The number of amides is 2. The van der Waals surface area contributed by atoms with E-state index in [4.69, 9.17) is 5.73 Å². The predicted molar refractivity (Wildman–Crippen MR) is 126 cm³/mol. The maximum atomic E-state index is 12.3. The van der Waals surface area contributed by atoms with E-state index in [0.717, 1.165) is 37.1 Å². The van der Waals surface area contributed by atoms with Crippen molar-refractivity contribution in [2.45, 2.75) is 64.5 Å². The van der Waals surface area contributed by atoms with Gasteiger partial charge in [0.2, 0.25) is 5.91 Å². The van der Waals surface area contributed by atoms with Crippen LogP contribution in [0.15, 0.2) is 17.1 Å². The summed E-state index contributed by atoms with van der Waals surface area (Å²) in [6, 6.07) is 2.08. The van der Waals surface area contributed by atoms with Crippen LogP contribution in [0.1, 0.15) is 60.5 Å². The summed E-state index contributed by atoms with van der Waals surface area (Å²) in [6.45, 7) is 6.05. The van der Waals surface area contributed by atoms with Crippen LogP contribution >= 0.6 is 11.3 Å². The van der Waals surface area contributed by atoms with Crippen molar-refractivity contribution in [1.29, 1.82) is 0 Å². The average molecular weight is 466 g/mol. The molecule has 0 bridgehead atoms. The summed E-state index contributed by atoms with van der Waals surface area (Å²) in [4.78, 5) is 41.8. The average Bonchev–Trinajstić information content (AvgIpc) is 3.44. The van der Waals surface area contributed by atoms with Gasteiger partial charge in [-0.15, -0.1) is 11.3 Å². The molecule has 1 aliphatic rings. The minimum absolute atomic E-state index is 0.145. The van der Waals surface area contributed by atoms with Crippen molar-refractivity contribution >= 4 is 35.0 Å². The van der Waals surface area contributed by atoms with Crippen molar-refractivity contribution < 1.29 is 19.5 Å². The molecule has 10 heteroatoms. The number of unbranched alkanes of at least 4 members (excludes halogenated alkanes) is 2. The lowest BCUT2D eigenvalue weighted by molar-refractivity contribution is -0.142. The summed E-state index contributed by atoms with van der Waals surface area (Å²) >= 11 is 1.25. The van der Waals surface area contributed by atoms with Gasteiger partial charge in [-0.3, -0.25) is 14.6 Å². The molecule has 0 aliphatic carbocycles. The smallest absolute Gasteiger partial charge is 0.326 e. The second-order valence-electron chi connectivity index (χ2n) is 8.30. The van der Waals surface area contributed by atoms with Crippen LogP contribution in [0.25, 0.3) is 0 Å². The molecular weight excluding hydrogens is 430 g/mol. The molecule has 0 saturated carbocycles. The van der Waals surface area contributed by atoms with Crippen molar-refractivity contribution in [1.82, 2.24) is 16.0 Å². The second kappa shape index (κ2) is 13.2. The molecule has 2 atom stereocenters. The van der Waals surface area contributed by atoms with Crippen LogP contribution in [0, 0.1) is 5.92 Å². The molecule has 1 aliphatic heterocycles. The highest BCUT2D eigenvalue weighted by Crippen LogP contribution is 2.18. The number of aliphatic imine (C=N–C) groups is 1. The van der Waals surface area contributed by atoms with Gasteiger partial charge in [-0.05, 0) is 50.8 Å². The first-order valence-corrected chi connectivity index (χ1v) is 12.0. The van der Waals surface area contributed by atoms with E-state index in [2.05, 4.69) is 20.9 Å². The lowest BCUT2D eigenvalue weighted by Gasteiger charge is -2.17. The van der Waals surface area contributed by atoms with Crippen molar-refractivity contribution in [3.8, 4) is 0 Å². The Labute approximate surface area is 193 Å². The number of carboxylic acid groups (broad SMARTS) is 1. The van der Waals surface area contributed by atoms with Crippen LogP contribution in [-0.2, 0) is 16.0 Å². The van der Waals surface area contributed by atoms with Gasteiger partial charge in [-0.2, -0.15) is 0 Å². The first-order valence-electron chi connectivity index (χ1n) is 11.2. The fourth-order valence-corrected chi connectivity index (χ4v) is 4.25. The Morgan fingerprint density at radius 2 is 2.06 bits per heavy atom. The minimum Gasteiger partial charge on any atom is -0.480 e. The monoisotopic (exact) mass is 465 g/mol. The Hall–Kier alpha value is -2.46. The van der Waals surface area contributed by atoms with Gasteiger partial charge >= 0.3 is 5.97 Å². The number of hydrogen-bond donors (Lipinski definition) is 5. The van der Waals surface area contributed by atoms with Crippen molar-refractivity contribution in [3.63, 3.8) is 0 Å². The minimum atomic E-state index is -1.09. The van der Waals surface area contributed by atoms with Crippen LogP contribution in [0.5, 0.6) is 0 Å². The predicted octanol–water partition coefficient (Wildman–Crippen LogP) is 1.53. The molecule has 2 heterocycles. The van der Waals surface area contributed by atoms with Crippen molar-refractivity contribution in [3.05, 3.63) is 21.9 Å². The highest BCUT2D eigenvalue weighted by molar-refractivity contribution is 7.14. The molecule has 0 spiro atoms. The van der Waals surface area contributed by atoms with E-state index in [-0.39, 0.29) is 30.2 Å². The normalized spacial score (nSPS) is 17.3. The van der Waals surface area contributed by atoms with E-state index in [1.165, 1.54) is 11.3 Å². The van der Waals surface area contributed by atoms with Gasteiger partial charge in [0, 0.05) is 30.3 Å². The molecule has 0 aromatic carbocycles. The topological polar surface area (TPSA) is 146 Å². The lowest BCUT2D eigenvalue weighted by Crippen LogP contribution is -2.49. The van der Waals surface area contributed by atoms with Crippen LogP contribution in [-0.4, -0.2) is 60.4 Å². The Bertz CT molecular complexity index is 802. The van der Waals surface area contributed by atoms with E-state index in [1.54, 1.807) is 12.1 Å². The molecule has 32 heavy (non-hydrogen) atoms. The number of nitrogens with two attached hydrogens (primary N) is 1. The largest absolute Gasteiger partial charge is 0.480 e. The molecule has 1 aromatic rings. The number of carbonyl (C=O) groups is 3. The lowest BCUT2D eigenvalue weighted by atomic mass is 10.1. The highest BCUT2D eigenvalue weighted by Gasteiger charge is 2.27. The van der Waals surface area contributed by atoms with Crippen LogP contribution in [0.3, 0.4) is 0 Å². The third kappa shape index (κ3) is 8.58. The van der Waals surface area contributed by atoms with Crippen molar-refractivity contribution in [2.75, 3.05) is 19.6 Å².